The van der Waals surface area contributed by atoms with Crippen molar-refractivity contribution in [2.75, 3.05) is 0 Å². The fourth-order valence-electron chi connectivity index (χ4n) is 1.83. The lowest BCUT2D eigenvalue weighted by atomic mass is 10.1. The summed E-state index contributed by atoms with van der Waals surface area (Å²) in [6.07, 6.45) is 0.760. The zero-order chi connectivity index (χ0) is 12.5. The van der Waals surface area contributed by atoms with Crippen LogP contribution in [0.4, 0.5) is 0 Å². The number of rotatable bonds is 2. The maximum absolute atomic E-state index is 9.24. The van der Waals surface area contributed by atoms with Gasteiger partial charge in [-0.1, -0.05) is 29.8 Å². The molecule has 0 amide bonds. The van der Waals surface area contributed by atoms with Gasteiger partial charge in [-0.15, -0.1) is 11.3 Å². The first-order valence-electron chi connectivity index (χ1n) is 5.54. The second-order valence-electron chi connectivity index (χ2n) is 4.04. The van der Waals surface area contributed by atoms with E-state index < -0.39 is 0 Å². The second kappa shape index (κ2) is 4.59. The monoisotopic (exact) mass is 275 g/mol. The first kappa shape index (κ1) is 11.5. The molecule has 0 radical (unpaired) electrons. The predicted molar refractivity (Wildman–Crippen MR) is 75.5 cm³/mol. The van der Waals surface area contributed by atoms with E-state index in [1.807, 2.05) is 30.3 Å². The molecule has 0 aliphatic rings. The summed E-state index contributed by atoms with van der Waals surface area (Å²) >= 11 is 7.75. The highest BCUT2D eigenvalue weighted by molar-refractivity contribution is 7.19. The number of nitrogens with zero attached hydrogens (tertiary/aromatic N) is 1. The van der Waals surface area contributed by atoms with Crippen LogP contribution in [0.2, 0.25) is 5.02 Å². The Bertz CT molecular complexity index is 691. The molecule has 0 saturated heterocycles. The van der Waals surface area contributed by atoms with Crippen LogP contribution in [-0.2, 0) is 6.42 Å². The Morgan fingerprint density at radius 2 is 1.89 bits per heavy atom. The Balaban J connectivity index is 1.95. The van der Waals surface area contributed by atoms with Gasteiger partial charge in [0.1, 0.15) is 5.75 Å². The van der Waals surface area contributed by atoms with Gasteiger partial charge in [0.15, 0.2) is 0 Å². The summed E-state index contributed by atoms with van der Waals surface area (Å²) in [5.74, 6) is 0.283. The summed E-state index contributed by atoms with van der Waals surface area (Å²) < 4.78 is 1.04. The molecule has 0 atom stereocenters. The minimum absolute atomic E-state index is 0.283. The van der Waals surface area contributed by atoms with Gasteiger partial charge in [-0.2, -0.15) is 0 Å². The van der Waals surface area contributed by atoms with E-state index in [0.29, 0.717) is 0 Å². The van der Waals surface area contributed by atoms with Crippen molar-refractivity contribution in [3.8, 4) is 5.75 Å². The zero-order valence-corrected chi connectivity index (χ0v) is 11.0. The molecule has 1 aromatic heterocycles. The third-order valence-electron chi connectivity index (χ3n) is 2.70. The molecule has 0 unspecified atom stereocenters. The number of aromatic nitrogens is 1. The molecular formula is C14H10ClNOS. The summed E-state index contributed by atoms with van der Waals surface area (Å²) in [7, 11) is 0. The van der Waals surface area contributed by atoms with Crippen molar-refractivity contribution in [2.45, 2.75) is 6.42 Å². The van der Waals surface area contributed by atoms with Crippen LogP contribution in [0.15, 0.2) is 42.5 Å². The summed E-state index contributed by atoms with van der Waals surface area (Å²) in [6.45, 7) is 0. The highest BCUT2D eigenvalue weighted by Crippen LogP contribution is 2.30. The molecule has 0 bridgehead atoms. The molecular weight excluding hydrogens is 266 g/mol. The van der Waals surface area contributed by atoms with Gasteiger partial charge >= 0.3 is 0 Å². The lowest BCUT2D eigenvalue weighted by Gasteiger charge is -1.97. The molecule has 90 valence electrons. The van der Waals surface area contributed by atoms with Crippen LogP contribution in [0.5, 0.6) is 5.75 Å². The van der Waals surface area contributed by atoms with Gasteiger partial charge in [-0.05, 0) is 29.8 Å². The van der Waals surface area contributed by atoms with Gasteiger partial charge in [0.25, 0.3) is 0 Å². The van der Waals surface area contributed by atoms with Gasteiger partial charge in [0, 0.05) is 6.42 Å². The molecule has 4 heteroatoms. The first-order chi connectivity index (χ1) is 8.72. The number of phenolic OH excluding ortho intramolecular Hbond substituents is 1. The summed E-state index contributed by atoms with van der Waals surface area (Å²) in [5.41, 5.74) is 2.07. The largest absolute Gasteiger partial charge is 0.508 e. The predicted octanol–water partition coefficient (Wildman–Crippen LogP) is 4.25. The molecule has 18 heavy (non-hydrogen) atoms. The van der Waals surface area contributed by atoms with E-state index in [2.05, 4.69) is 4.98 Å². The van der Waals surface area contributed by atoms with E-state index in [1.165, 1.54) is 0 Å². The number of hydrogen-bond donors (Lipinski definition) is 1. The molecule has 2 aromatic carbocycles. The van der Waals surface area contributed by atoms with Crippen molar-refractivity contribution in [2.24, 2.45) is 0 Å². The zero-order valence-electron chi connectivity index (χ0n) is 9.43. The number of fused-ring (bicyclic) bond motifs is 1. The topological polar surface area (TPSA) is 33.1 Å². The molecule has 0 spiro atoms. The van der Waals surface area contributed by atoms with Crippen molar-refractivity contribution in [3.63, 3.8) is 0 Å². The van der Waals surface area contributed by atoms with Crippen molar-refractivity contribution >= 4 is 33.2 Å². The third-order valence-corrected chi connectivity index (χ3v) is 4.23. The molecule has 1 heterocycles. The van der Waals surface area contributed by atoms with E-state index >= 15 is 0 Å². The van der Waals surface area contributed by atoms with Crippen LogP contribution in [-0.4, -0.2) is 10.1 Å². The Labute approximate surface area is 113 Å². The van der Waals surface area contributed by atoms with Crippen LogP contribution in [0, 0.1) is 0 Å². The van der Waals surface area contributed by atoms with E-state index in [1.54, 1.807) is 23.5 Å². The number of thiazole rings is 1. The van der Waals surface area contributed by atoms with Crippen molar-refractivity contribution in [3.05, 3.63) is 58.1 Å². The van der Waals surface area contributed by atoms with Crippen LogP contribution in [0.1, 0.15) is 10.6 Å². The Morgan fingerprint density at radius 3 is 2.61 bits per heavy atom. The number of benzene rings is 2. The summed E-state index contributed by atoms with van der Waals surface area (Å²) in [5, 5.41) is 11.0. The Hall–Kier alpha value is -1.58. The summed E-state index contributed by atoms with van der Waals surface area (Å²) in [4.78, 5) is 4.56. The molecule has 3 aromatic rings. The average molecular weight is 276 g/mol. The standard InChI is InChI=1S/C14H10ClNOS/c15-11-2-1-3-12-14(11)18-13(16-12)8-9-4-6-10(17)7-5-9/h1-7,17H,8H2. The quantitative estimate of drug-likeness (QED) is 0.759. The number of phenols is 1. The molecule has 0 fully saturated rings. The lowest BCUT2D eigenvalue weighted by molar-refractivity contribution is 0.475. The lowest BCUT2D eigenvalue weighted by Crippen LogP contribution is -1.85. The maximum Gasteiger partial charge on any atom is 0.115 e. The van der Waals surface area contributed by atoms with Crippen LogP contribution in [0.25, 0.3) is 10.2 Å². The van der Waals surface area contributed by atoms with Crippen LogP contribution in [0.3, 0.4) is 0 Å². The fourth-order valence-corrected chi connectivity index (χ4v) is 3.11. The molecule has 0 aliphatic carbocycles. The minimum Gasteiger partial charge on any atom is -0.508 e. The molecule has 0 aliphatic heterocycles. The summed E-state index contributed by atoms with van der Waals surface area (Å²) in [6, 6.07) is 13.0. The fraction of sp³-hybridized carbons (Fsp3) is 0.0714. The smallest absolute Gasteiger partial charge is 0.115 e. The van der Waals surface area contributed by atoms with Crippen molar-refractivity contribution in [1.82, 2.24) is 4.98 Å². The average Bonchev–Trinajstić information content (AvgIpc) is 2.76. The highest BCUT2D eigenvalue weighted by atomic mass is 35.5. The maximum atomic E-state index is 9.24. The first-order valence-corrected chi connectivity index (χ1v) is 6.74. The number of halogens is 1. The van der Waals surface area contributed by atoms with E-state index in [9.17, 15) is 5.11 Å². The number of aromatic hydroxyl groups is 1. The molecule has 2 nitrogen and oxygen atoms in total. The van der Waals surface area contributed by atoms with Crippen molar-refractivity contribution in [1.29, 1.82) is 0 Å². The van der Waals surface area contributed by atoms with Crippen LogP contribution < -0.4 is 0 Å². The Kier molecular flexibility index (Phi) is 2.94. The minimum atomic E-state index is 0.283. The van der Waals surface area contributed by atoms with Gasteiger partial charge < -0.3 is 5.11 Å². The van der Waals surface area contributed by atoms with E-state index in [0.717, 1.165) is 32.2 Å². The van der Waals surface area contributed by atoms with Gasteiger partial charge in [-0.25, -0.2) is 4.98 Å². The normalized spacial score (nSPS) is 10.9. The Morgan fingerprint density at radius 1 is 1.11 bits per heavy atom. The number of hydrogen-bond acceptors (Lipinski definition) is 3. The molecule has 3 rings (SSSR count). The molecule has 1 N–H and O–H groups in total. The van der Waals surface area contributed by atoms with E-state index in [4.69, 9.17) is 11.6 Å². The van der Waals surface area contributed by atoms with Crippen molar-refractivity contribution < 1.29 is 5.11 Å². The SMILES string of the molecule is Oc1ccc(Cc2nc3cccc(Cl)c3s2)cc1. The van der Waals surface area contributed by atoms with Gasteiger partial charge in [0.2, 0.25) is 0 Å². The second-order valence-corrected chi connectivity index (χ2v) is 5.53. The highest BCUT2D eigenvalue weighted by Gasteiger charge is 2.07. The molecule has 0 saturated carbocycles. The van der Waals surface area contributed by atoms with Gasteiger partial charge in [-0.3, -0.25) is 0 Å². The van der Waals surface area contributed by atoms with Gasteiger partial charge in [0.05, 0.1) is 20.2 Å². The third kappa shape index (κ3) is 2.19. The van der Waals surface area contributed by atoms with E-state index in [-0.39, 0.29) is 5.75 Å². The van der Waals surface area contributed by atoms with Crippen LogP contribution >= 0.6 is 22.9 Å².